The lowest BCUT2D eigenvalue weighted by molar-refractivity contribution is 0.407. The second-order valence-electron chi connectivity index (χ2n) is 3.48. The number of nitrogens with two attached hydrogens (primary N) is 1. The molecule has 0 aromatic heterocycles. The van der Waals surface area contributed by atoms with E-state index >= 15 is 0 Å². The Labute approximate surface area is 83.9 Å². The van der Waals surface area contributed by atoms with E-state index in [0.717, 1.165) is 5.56 Å². The average Bonchev–Trinajstić information content (AvgIpc) is 2.19. The zero-order chi connectivity index (χ0) is 10.7. The highest BCUT2D eigenvalue weighted by Crippen LogP contribution is 2.26. The molecule has 14 heavy (non-hydrogen) atoms. The van der Waals surface area contributed by atoms with Crippen molar-refractivity contribution in [2.24, 2.45) is 5.73 Å². The summed E-state index contributed by atoms with van der Waals surface area (Å²) in [5, 5.41) is 0. The van der Waals surface area contributed by atoms with Crippen molar-refractivity contribution in [3.63, 3.8) is 0 Å². The second kappa shape index (κ2) is 4.42. The second-order valence-corrected chi connectivity index (χ2v) is 3.48. The summed E-state index contributed by atoms with van der Waals surface area (Å²) in [6, 6.07) is 3.21. The van der Waals surface area contributed by atoms with Gasteiger partial charge in [-0.1, -0.05) is 6.92 Å². The molecular weight excluding hydrogens is 181 g/mol. The van der Waals surface area contributed by atoms with E-state index in [-0.39, 0.29) is 11.7 Å². The molecule has 1 atom stereocenters. The molecule has 0 aliphatic heterocycles. The first-order valence-corrected chi connectivity index (χ1v) is 4.64. The minimum Gasteiger partial charge on any atom is -0.496 e. The van der Waals surface area contributed by atoms with Gasteiger partial charge in [0, 0.05) is 6.07 Å². The predicted molar refractivity (Wildman–Crippen MR) is 55.2 cm³/mol. The molecular formula is C11H16FNO. The van der Waals surface area contributed by atoms with E-state index in [9.17, 15) is 4.39 Å². The van der Waals surface area contributed by atoms with E-state index in [1.54, 1.807) is 6.07 Å². The van der Waals surface area contributed by atoms with E-state index in [2.05, 4.69) is 0 Å². The molecule has 0 spiro atoms. The zero-order valence-corrected chi connectivity index (χ0v) is 8.80. The molecule has 0 bridgehead atoms. The molecule has 0 heterocycles. The third-order valence-corrected chi connectivity index (χ3v) is 2.40. The van der Waals surface area contributed by atoms with Crippen LogP contribution in [-0.4, -0.2) is 13.7 Å². The highest BCUT2D eigenvalue weighted by atomic mass is 19.1. The van der Waals surface area contributed by atoms with Crippen molar-refractivity contribution < 1.29 is 9.13 Å². The highest BCUT2D eigenvalue weighted by molar-refractivity contribution is 5.38. The van der Waals surface area contributed by atoms with Gasteiger partial charge in [-0.25, -0.2) is 4.39 Å². The quantitative estimate of drug-likeness (QED) is 0.806. The van der Waals surface area contributed by atoms with Gasteiger partial charge in [-0.15, -0.1) is 0 Å². The molecule has 2 nitrogen and oxygen atoms in total. The van der Waals surface area contributed by atoms with Gasteiger partial charge < -0.3 is 10.5 Å². The molecule has 1 aromatic carbocycles. The number of hydrogen-bond donors (Lipinski definition) is 1. The molecule has 0 fully saturated rings. The van der Waals surface area contributed by atoms with Gasteiger partial charge in [-0.3, -0.25) is 0 Å². The van der Waals surface area contributed by atoms with Crippen molar-refractivity contribution in [1.82, 2.24) is 0 Å². The first kappa shape index (κ1) is 11.0. The first-order valence-electron chi connectivity index (χ1n) is 4.64. The molecule has 2 N–H and O–H groups in total. The molecule has 0 amide bonds. The maximum absolute atomic E-state index is 13.5. The van der Waals surface area contributed by atoms with E-state index < -0.39 is 0 Å². The van der Waals surface area contributed by atoms with Gasteiger partial charge in [-0.05, 0) is 36.6 Å². The van der Waals surface area contributed by atoms with Crippen LogP contribution in [0.3, 0.4) is 0 Å². The van der Waals surface area contributed by atoms with Gasteiger partial charge in [0.1, 0.15) is 11.6 Å². The number of hydrogen-bond acceptors (Lipinski definition) is 2. The Balaban J connectivity index is 3.14. The molecule has 1 aromatic rings. The first-order chi connectivity index (χ1) is 6.60. The standard InChI is InChI=1S/C11H16FNO/c1-7-4-9(8(2)6-13)10(12)5-11(7)14-3/h4-5,8H,6,13H2,1-3H3. The van der Waals surface area contributed by atoms with Crippen LogP contribution in [0.25, 0.3) is 0 Å². The van der Waals surface area contributed by atoms with Gasteiger partial charge in [0.15, 0.2) is 0 Å². The van der Waals surface area contributed by atoms with Crippen molar-refractivity contribution in [1.29, 1.82) is 0 Å². The topological polar surface area (TPSA) is 35.2 Å². The third kappa shape index (κ3) is 2.04. The Morgan fingerprint density at radius 2 is 2.14 bits per heavy atom. The minimum atomic E-state index is -0.245. The summed E-state index contributed by atoms with van der Waals surface area (Å²) in [6.07, 6.45) is 0. The molecule has 0 saturated carbocycles. The van der Waals surface area contributed by atoms with Crippen molar-refractivity contribution in [3.8, 4) is 5.75 Å². The summed E-state index contributed by atoms with van der Waals surface area (Å²) in [5.74, 6) is 0.375. The number of methoxy groups -OCH3 is 1. The summed E-state index contributed by atoms with van der Waals surface area (Å²) in [6.45, 7) is 4.25. The maximum Gasteiger partial charge on any atom is 0.130 e. The van der Waals surface area contributed by atoms with E-state index in [0.29, 0.717) is 17.9 Å². The lowest BCUT2D eigenvalue weighted by Crippen LogP contribution is -2.11. The molecule has 1 unspecified atom stereocenters. The number of rotatable bonds is 3. The van der Waals surface area contributed by atoms with Crippen LogP contribution in [0.4, 0.5) is 4.39 Å². The van der Waals surface area contributed by atoms with Crippen LogP contribution < -0.4 is 10.5 Å². The normalized spacial score (nSPS) is 12.6. The van der Waals surface area contributed by atoms with Crippen LogP contribution >= 0.6 is 0 Å². The van der Waals surface area contributed by atoms with Crippen LogP contribution in [0, 0.1) is 12.7 Å². The summed E-state index contributed by atoms with van der Waals surface area (Å²) in [7, 11) is 1.54. The van der Waals surface area contributed by atoms with Crippen molar-refractivity contribution in [3.05, 3.63) is 29.1 Å². The van der Waals surface area contributed by atoms with Crippen LogP contribution in [0.5, 0.6) is 5.75 Å². The molecule has 78 valence electrons. The number of aryl methyl sites for hydroxylation is 1. The zero-order valence-electron chi connectivity index (χ0n) is 8.80. The monoisotopic (exact) mass is 197 g/mol. The van der Waals surface area contributed by atoms with Gasteiger partial charge in [0.25, 0.3) is 0 Å². The van der Waals surface area contributed by atoms with Gasteiger partial charge in [0.05, 0.1) is 7.11 Å². The number of ether oxygens (including phenoxy) is 1. The minimum absolute atomic E-state index is 0.0413. The fourth-order valence-electron chi connectivity index (χ4n) is 1.41. The number of halogens is 1. The molecule has 0 saturated heterocycles. The maximum atomic E-state index is 13.5. The molecule has 0 aliphatic rings. The van der Waals surface area contributed by atoms with Crippen LogP contribution in [0.2, 0.25) is 0 Å². The molecule has 0 aliphatic carbocycles. The fourth-order valence-corrected chi connectivity index (χ4v) is 1.41. The highest BCUT2D eigenvalue weighted by Gasteiger charge is 2.12. The number of benzene rings is 1. The van der Waals surface area contributed by atoms with E-state index in [1.165, 1.54) is 13.2 Å². The smallest absolute Gasteiger partial charge is 0.130 e. The van der Waals surface area contributed by atoms with Gasteiger partial charge in [0.2, 0.25) is 0 Å². The molecule has 0 radical (unpaired) electrons. The van der Waals surface area contributed by atoms with Crippen LogP contribution in [-0.2, 0) is 0 Å². The SMILES string of the molecule is COc1cc(F)c(C(C)CN)cc1C. The summed E-state index contributed by atoms with van der Waals surface area (Å²) in [5.41, 5.74) is 7.09. The van der Waals surface area contributed by atoms with Crippen LogP contribution in [0.1, 0.15) is 24.0 Å². The third-order valence-electron chi connectivity index (χ3n) is 2.40. The predicted octanol–water partition coefficient (Wildman–Crippen LogP) is 2.20. The average molecular weight is 197 g/mol. The van der Waals surface area contributed by atoms with Crippen molar-refractivity contribution >= 4 is 0 Å². The van der Waals surface area contributed by atoms with Crippen molar-refractivity contribution in [2.75, 3.05) is 13.7 Å². The molecule has 3 heteroatoms. The molecule has 1 rings (SSSR count). The van der Waals surface area contributed by atoms with Crippen molar-refractivity contribution in [2.45, 2.75) is 19.8 Å². The Bertz CT molecular complexity index is 325. The lowest BCUT2D eigenvalue weighted by Gasteiger charge is -2.13. The largest absolute Gasteiger partial charge is 0.496 e. The summed E-state index contributed by atoms with van der Waals surface area (Å²) in [4.78, 5) is 0. The summed E-state index contributed by atoms with van der Waals surface area (Å²) >= 11 is 0. The van der Waals surface area contributed by atoms with E-state index in [4.69, 9.17) is 10.5 Å². The summed E-state index contributed by atoms with van der Waals surface area (Å²) < 4.78 is 18.5. The fraction of sp³-hybridized carbons (Fsp3) is 0.455. The Kier molecular flexibility index (Phi) is 3.47. The lowest BCUT2D eigenvalue weighted by atomic mass is 9.98. The Morgan fingerprint density at radius 1 is 1.50 bits per heavy atom. The van der Waals surface area contributed by atoms with Gasteiger partial charge >= 0.3 is 0 Å². The van der Waals surface area contributed by atoms with Gasteiger partial charge in [-0.2, -0.15) is 0 Å². The van der Waals surface area contributed by atoms with E-state index in [1.807, 2.05) is 13.8 Å². The Hall–Kier alpha value is -1.09. The van der Waals surface area contributed by atoms with Crippen LogP contribution in [0.15, 0.2) is 12.1 Å². The Morgan fingerprint density at radius 3 is 2.64 bits per heavy atom.